The van der Waals surface area contributed by atoms with Gasteiger partial charge in [-0.25, -0.2) is 4.21 Å². The van der Waals surface area contributed by atoms with Crippen LogP contribution in [0.1, 0.15) is 76.6 Å². The van der Waals surface area contributed by atoms with Crippen LogP contribution in [0.15, 0.2) is 59.1 Å². The Kier molecular flexibility index (Phi) is 11.2. The molecule has 0 saturated heterocycles. The lowest BCUT2D eigenvalue weighted by Gasteiger charge is -2.46. The number of halogens is 1. The number of fused-ring (bicyclic) bond motifs is 4. The molecule has 1 saturated carbocycles. The summed E-state index contributed by atoms with van der Waals surface area (Å²) in [4.78, 5) is 30.2. The maximum atomic E-state index is 14.7. The van der Waals surface area contributed by atoms with Crippen LogP contribution in [0.4, 0.5) is 5.69 Å². The van der Waals surface area contributed by atoms with Crippen LogP contribution in [-0.4, -0.2) is 78.2 Å². The van der Waals surface area contributed by atoms with E-state index in [0.717, 1.165) is 49.4 Å². The Morgan fingerprint density at radius 3 is 2.83 bits per heavy atom. The maximum Gasteiger partial charge on any atom is 0.286 e. The Balaban J connectivity index is 1.29. The molecule has 2 aliphatic heterocycles. The number of carbonyl (C=O) groups excluding carboxylic acids is 2. The molecule has 0 radical (unpaired) electrons. The Morgan fingerprint density at radius 2 is 2.06 bits per heavy atom. The molecular formula is C41H48ClN5O6S. The van der Waals surface area contributed by atoms with Crippen LogP contribution in [-0.2, 0) is 38.3 Å². The van der Waals surface area contributed by atoms with Gasteiger partial charge in [0.15, 0.2) is 0 Å². The van der Waals surface area contributed by atoms with Crippen LogP contribution in [0.25, 0.3) is 0 Å². The van der Waals surface area contributed by atoms with E-state index in [2.05, 4.69) is 55.2 Å². The number of ether oxygens (including phenoxy) is 3. The van der Waals surface area contributed by atoms with Gasteiger partial charge in [-0.3, -0.25) is 19.0 Å². The lowest BCUT2D eigenvalue weighted by atomic mass is 9.68. The van der Waals surface area contributed by atoms with Gasteiger partial charge in [-0.2, -0.15) is 5.10 Å². The average molecular weight is 774 g/mol. The Labute approximate surface area is 323 Å². The van der Waals surface area contributed by atoms with E-state index in [4.69, 9.17) is 25.8 Å². The summed E-state index contributed by atoms with van der Waals surface area (Å²) in [7, 11) is 1.32. The smallest absolute Gasteiger partial charge is 0.286 e. The van der Waals surface area contributed by atoms with Crippen molar-refractivity contribution in [1.82, 2.24) is 14.5 Å². The highest BCUT2D eigenvalue weighted by Crippen LogP contribution is 2.47. The van der Waals surface area contributed by atoms with Crippen LogP contribution in [0.2, 0.25) is 5.02 Å². The maximum absolute atomic E-state index is 14.7. The summed E-state index contributed by atoms with van der Waals surface area (Å²) in [6.07, 6.45) is 11.2. The third-order valence-electron chi connectivity index (χ3n) is 11.3. The van der Waals surface area contributed by atoms with E-state index in [1.807, 2.05) is 25.1 Å². The summed E-state index contributed by atoms with van der Waals surface area (Å²) in [5.41, 5.74) is 3.64. The number of nitrogens with one attached hydrogen (secondary N) is 1. The average Bonchev–Trinajstić information content (AvgIpc) is 3.43. The van der Waals surface area contributed by atoms with Crippen molar-refractivity contribution in [3.05, 3.63) is 87.7 Å². The molecular weight excluding hydrogens is 726 g/mol. The van der Waals surface area contributed by atoms with Crippen molar-refractivity contribution in [3.63, 3.8) is 0 Å². The molecule has 2 aliphatic carbocycles. The molecule has 7 rings (SSSR count). The Hall–Kier alpha value is -4.15. The first-order chi connectivity index (χ1) is 26.0. The monoisotopic (exact) mass is 773 g/mol. The third-order valence-corrected chi connectivity index (χ3v) is 13.5. The minimum absolute atomic E-state index is 0.0460. The number of methoxy groups -OCH3 is 2. The summed E-state index contributed by atoms with van der Waals surface area (Å²) in [5.74, 6) is 5.43. The van der Waals surface area contributed by atoms with Crippen molar-refractivity contribution in [3.8, 4) is 17.6 Å². The minimum atomic E-state index is -3.63. The molecule has 1 N–H and O–H groups in total. The number of aromatic nitrogens is 2. The molecule has 4 aliphatic rings. The molecule has 3 heterocycles. The topological polar surface area (TPSA) is 124 Å². The van der Waals surface area contributed by atoms with Crippen molar-refractivity contribution in [2.75, 3.05) is 51.2 Å². The van der Waals surface area contributed by atoms with Gasteiger partial charge >= 0.3 is 0 Å². The first-order valence-electron chi connectivity index (χ1n) is 18.6. The number of rotatable bonds is 4. The first-order valence-corrected chi connectivity index (χ1v) is 20.7. The fraction of sp³-hybridized carbons (Fsp3) is 0.488. The quantitative estimate of drug-likeness (QED) is 0.248. The zero-order valence-corrected chi connectivity index (χ0v) is 32.9. The van der Waals surface area contributed by atoms with Gasteiger partial charge in [0.05, 0.1) is 29.7 Å². The zero-order valence-electron chi connectivity index (χ0n) is 31.3. The number of nitrogens with zero attached hydrogens (tertiary/aromatic N) is 4. The van der Waals surface area contributed by atoms with Gasteiger partial charge in [-0.15, -0.1) is 4.36 Å². The second-order valence-electron chi connectivity index (χ2n) is 15.2. The summed E-state index contributed by atoms with van der Waals surface area (Å²) >= 11 is 6.47. The fourth-order valence-corrected chi connectivity index (χ4v) is 10.6. The molecule has 1 fully saturated rings. The SMILES string of the molecule is COCC#Cc1nn(C)cc1C(=O)N[S@@]1(=O)=NC(=O)c2ccc3c(c2)N(C[C@@H]2CC[C@H]2[C@@H](OC)/C=C/C[C@H](C)C1)C[C@@]1(CCCc2cc(Cl)ccc21)CO3. The number of hydrogen-bond donors (Lipinski definition) is 1. The van der Waals surface area contributed by atoms with E-state index >= 15 is 0 Å². The molecule has 6 atom stereocenters. The predicted octanol–water partition coefficient (Wildman–Crippen LogP) is 6.13. The van der Waals surface area contributed by atoms with Gasteiger partial charge in [-0.05, 0) is 104 Å². The number of anilines is 1. The Bertz CT molecular complexity index is 2150. The van der Waals surface area contributed by atoms with E-state index in [-0.39, 0.29) is 46.6 Å². The van der Waals surface area contributed by atoms with Crippen LogP contribution in [0.3, 0.4) is 0 Å². The van der Waals surface area contributed by atoms with Gasteiger partial charge in [-0.1, -0.05) is 42.7 Å². The number of carbonyl (C=O) groups is 2. The lowest BCUT2D eigenvalue weighted by molar-refractivity contribution is 0.0131. The van der Waals surface area contributed by atoms with Crippen LogP contribution in [0.5, 0.6) is 5.75 Å². The highest BCUT2D eigenvalue weighted by atomic mass is 35.5. The number of amides is 2. The van der Waals surface area contributed by atoms with Gasteiger partial charge < -0.3 is 19.1 Å². The third kappa shape index (κ3) is 7.96. The van der Waals surface area contributed by atoms with Gasteiger partial charge in [0.1, 0.15) is 28.0 Å². The normalized spacial score (nSPS) is 28.5. The summed E-state index contributed by atoms with van der Waals surface area (Å²) in [6.45, 7) is 4.04. The molecule has 1 aromatic heterocycles. The second-order valence-corrected chi connectivity index (χ2v) is 17.6. The van der Waals surface area contributed by atoms with E-state index < -0.39 is 21.7 Å². The van der Waals surface area contributed by atoms with Crippen molar-refractivity contribution in [2.24, 2.45) is 29.2 Å². The summed E-state index contributed by atoms with van der Waals surface area (Å²) < 4.78 is 40.9. The number of aryl methyl sites for hydroxylation is 2. The largest absolute Gasteiger partial charge is 0.490 e. The van der Waals surface area contributed by atoms with E-state index in [1.165, 1.54) is 29.1 Å². The highest BCUT2D eigenvalue weighted by molar-refractivity contribution is 7.92. The van der Waals surface area contributed by atoms with E-state index in [0.29, 0.717) is 37.2 Å². The summed E-state index contributed by atoms with van der Waals surface area (Å²) in [5, 5.41) is 5.03. The molecule has 54 heavy (non-hydrogen) atoms. The van der Waals surface area contributed by atoms with Crippen LogP contribution >= 0.6 is 11.6 Å². The summed E-state index contributed by atoms with van der Waals surface area (Å²) in [6, 6.07) is 11.5. The molecule has 13 heteroatoms. The molecule has 2 aromatic carbocycles. The fourth-order valence-electron chi connectivity index (χ4n) is 8.51. The molecule has 0 unspecified atom stereocenters. The van der Waals surface area contributed by atoms with Gasteiger partial charge in [0.2, 0.25) is 0 Å². The predicted molar refractivity (Wildman–Crippen MR) is 209 cm³/mol. The number of hydrogen-bond acceptors (Lipinski definition) is 8. The molecule has 2 bridgehead atoms. The minimum Gasteiger partial charge on any atom is -0.490 e. The van der Waals surface area contributed by atoms with E-state index in [9.17, 15) is 13.8 Å². The van der Waals surface area contributed by atoms with Crippen LogP contribution in [0, 0.1) is 29.6 Å². The molecule has 3 aromatic rings. The molecule has 286 valence electrons. The first kappa shape index (κ1) is 38.1. The van der Waals surface area contributed by atoms with Crippen molar-refractivity contribution < 1.29 is 28.0 Å². The van der Waals surface area contributed by atoms with E-state index in [1.54, 1.807) is 20.2 Å². The number of benzene rings is 2. The standard InChI is InChI=1S/C41H48ClN5O6S/c1-27-8-5-11-37(52-4)32-15-12-30(32)22-47-25-41(18-6-9-28-20-31(42)14-16-34(28)41)26-53-38-17-13-29(21-36(38)47)39(48)44-54(50,24-27)45-40(49)33-23-46(2)43-35(33)10-7-19-51-3/h5,11,13-14,16-17,20-21,23,27,30,32,37H,6,8-9,12,15,18-19,22,24-26H2,1-4H3,(H,44,45,48,49,50)/b11-5+/t27-,30-,32+,37-,41-,54-/m0/s1. The van der Waals surface area contributed by atoms with Gasteiger partial charge in [0.25, 0.3) is 11.8 Å². The van der Waals surface area contributed by atoms with Crippen molar-refractivity contribution in [2.45, 2.75) is 57.0 Å². The van der Waals surface area contributed by atoms with Gasteiger partial charge in [0, 0.05) is 56.6 Å². The molecule has 1 spiro atoms. The second kappa shape index (κ2) is 15.9. The Morgan fingerprint density at radius 1 is 1.20 bits per heavy atom. The highest BCUT2D eigenvalue weighted by Gasteiger charge is 2.44. The lowest BCUT2D eigenvalue weighted by Crippen LogP contribution is -2.49. The van der Waals surface area contributed by atoms with Crippen molar-refractivity contribution in [1.29, 1.82) is 0 Å². The van der Waals surface area contributed by atoms with Crippen molar-refractivity contribution >= 4 is 39.0 Å². The van der Waals surface area contributed by atoms with Crippen LogP contribution < -0.4 is 14.4 Å². The number of allylic oxidation sites excluding steroid dienone is 1. The molecule has 2 amide bonds. The molecule has 11 nitrogen and oxygen atoms in total. The zero-order chi connectivity index (χ0) is 38.0.